The number of nitrogens with one attached hydrogen (secondary N) is 2. The van der Waals surface area contributed by atoms with E-state index in [-0.39, 0.29) is 12.5 Å². The molecule has 3 N–H and O–H groups in total. The van der Waals surface area contributed by atoms with E-state index in [0.717, 1.165) is 17.0 Å². The van der Waals surface area contributed by atoms with Crippen LogP contribution in [0.2, 0.25) is 0 Å². The van der Waals surface area contributed by atoms with Crippen LogP contribution in [0.25, 0.3) is 0 Å². The number of rotatable bonds is 4. The topological polar surface area (TPSA) is 78.0 Å². The molecule has 0 aliphatic carbocycles. The minimum absolute atomic E-state index is 0.0940. The number of amides is 1. The molecule has 1 aromatic rings. The molecular formula is C10H17N3O2. The van der Waals surface area contributed by atoms with Gasteiger partial charge in [-0.15, -0.1) is 0 Å². The summed E-state index contributed by atoms with van der Waals surface area (Å²) >= 11 is 0. The van der Waals surface area contributed by atoms with Gasteiger partial charge in [-0.1, -0.05) is 0 Å². The fraction of sp³-hybridized carbons (Fsp3) is 0.600. The molecule has 5 heteroatoms. The van der Waals surface area contributed by atoms with Gasteiger partial charge in [0.05, 0.1) is 18.2 Å². The molecule has 1 rings (SSSR count). The fourth-order valence-electron chi connectivity index (χ4n) is 1.32. The number of H-pyrrole nitrogens is 1. The Morgan fingerprint density at radius 1 is 1.60 bits per heavy atom. The van der Waals surface area contributed by atoms with Crippen LogP contribution in [0.3, 0.4) is 0 Å². The van der Waals surface area contributed by atoms with E-state index in [9.17, 15) is 4.79 Å². The number of aliphatic hydroxyl groups excluding tert-OH is 1. The van der Waals surface area contributed by atoms with E-state index in [1.165, 1.54) is 0 Å². The second-order valence-corrected chi connectivity index (χ2v) is 3.74. The Bertz CT molecular complexity index is 325. The first kappa shape index (κ1) is 11.7. The van der Waals surface area contributed by atoms with Crippen LogP contribution in [0.1, 0.15) is 23.9 Å². The molecule has 0 radical (unpaired) electrons. The number of aromatic nitrogens is 2. The van der Waals surface area contributed by atoms with Crippen molar-refractivity contribution in [3.05, 3.63) is 17.0 Å². The van der Waals surface area contributed by atoms with Crippen LogP contribution in [0.4, 0.5) is 0 Å². The van der Waals surface area contributed by atoms with Crippen molar-refractivity contribution in [2.45, 2.75) is 33.3 Å². The second-order valence-electron chi connectivity index (χ2n) is 3.74. The molecule has 0 saturated carbocycles. The molecule has 15 heavy (non-hydrogen) atoms. The Kier molecular flexibility index (Phi) is 3.85. The molecule has 0 aromatic carbocycles. The lowest BCUT2D eigenvalue weighted by Crippen LogP contribution is -2.31. The predicted molar refractivity (Wildman–Crippen MR) is 56.5 cm³/mol. The highest BCUT2D eigenvalue weighted by Gasteiger charge is 2.11. The van der Waals surface area contributed by atoms with Crippen molar-refractivity contribution in [1.82, 2.24) is 15.5 Å². The number of aliphatic hydroxyl groups is 1. The average Bonchev–Trinajstić information content (AvgIpc) is 2.46. The zero-order valence-electron chi connectivity index (χ0n) is 9.29. The summed E-state index contributed by atoms with van der Waals surface area (Å²) in [5.41, 5.74) is 2.69. The van der Waals surface area contributed by atoms with Crippen LogP contribution >= 0.6 is 0 Å². The highest BCUT2D eigenvalue weighted by molar-refractivity contribution is 5.79. The molecule has 0 bridgehead atoms. The van der Waals surface area contributed by atoms with Crippen LogP contribution in [0.15, 0.2) is 0 Å². The van der Waals surface area contributed by atoms with Crippen molar-refractivity contribution in [3.63, 3.8) is 0 Å². The molecular weight excluding hydrogens is 194 g/mol. The van der Waals surface area contributed by atoms with Crippen molar-refractivity contribution < 1.29 is 9.90 Å². The van der Waals surface area contributed by atoms with Crippen molar-refractivity contribution in [3.8, 4) is 0 Å². The molecule has 0 aliphatic heterocycles. The highest BCUT2D eigenvalue weighted by atomic mass is 16.3. The standard InChI is InChI=1S/C10H17N3O2/c1-6(14)5-11-10(15)4-9-7(2)12-13-8(9)3/h6,14H,4-5H2,1-3H3,(H,11,15)(H,12,13). The van der Waals surface area contributed by atoms with E-state index in [1.54, 1.807) is 6.92 Å². The summed E-state index contributed by atoms with van der Waals surface area (Å²) in [6, 6.07) is 0. The van der Waals surface area contributed by atoms with Crippen LogP contribution in [-0.2, 0) is 11.2 Å². The maximum Gasteiger partial charge on any atom is 0.224 e. The van der Waals surface area contributed by atoms with Crippen LogP contribution in [-0.4, -0.2) is 33.9 Å². The first-order chi connectivity index (χ1) is 7.00. The van der Waals surface area contributed by atoms with E-state index in [1.807, 2.05) is 13.8 Å². The summed E-state index contributed by atoms with van der Waals surface area (Å²) < 4.78 is 0. The third kappa shape index (κ3) is 3.36. The molecule has 0 saturated heterocycles. The largest absolute Gasteiger partial charge is 0.392 e. The van der Waals surface area contributed by atoms with Gasteiger partial charge in [-0.3, -0.25) is 9.89 Å². The van der Waals surface area contributed by atoms with Gasteiger partial charge in [0.25, 0.3) is 0 Å². The molecule has 1 amide bonds. The van der Waals surface area contributed by atoms with Gasteiger partial charge < -0.3 is 10.4 Å². The summed E-state index contributed by atoms with van der Waals surface area (Å²) in [5.74, 6) is -0.0940. The number of carbonyl (C=O) groups is 1. The van der Waals surface area contributed by atoms with E-state index in [4.69, 9.17) is 5.11 Å². The van der Waals surface area contributed by atoms with Crippen LogP contribution in [0, 0.1) is 13.8 Å². The maximum atomic E-state index is 11.5. The molecule has 1 atom stereocenters. The molecule has 1 aromatic heterocycles. The first-order valence-electron chi connectivity index (χ1n) is 4.96. The molecule has 0 fully saturated rings. The normalized spacial score (nSPS) is 12.5. The molecule has 1 heterocycles. The highest BCUT2D eigenvalue weighted by Crippen LogP contribution is 2.09. The van der Waals surface area contributed by atoms with Crippen molar-refractivity contribution in [2.24, 2.45) is 0 Å². The Morgan fingerprint density at radius 2 is 2.27 bits per heavy atom. The van der Waals surface area contributed by atoms with Gasteiger partial charge in [0, 0.05) is 17.8 Å². The lowest BCUT2D eigenvalue weighted by Gasteiger charge is -2.06. The average molecular weight is 211 g/mol. The van der Waals surface area contributed by atoms with Gasteiger partial charge in [0.15, 0.2) is 0 Å². The van der Waals surface area contributed by atoms with E-state index in [0.29, 0.717) is 6.42 Å². The lowest BCUT2D eigenvalue weighted by atomic mass is 10.1. The SMILES string of the molecule is Cc1n[nH]c(C)c1CC(=O)NCC(C)O. The monoisotopic (exact) mass is 211 g/mol. The van der Waals surface area contributed by atoms with E-state index in [2.05, 4.69) is 15.5 Å². The zero-order valence-corrected chi connectivity index (χ0v) is 9.29. The van der Waals surface area contributed by atoms with Crippen molar-refractivity contribution >= 4 is 5.91 Å². The van der Waals surface area contributed by atoms with Gasteiger partial charge in [0.2, 0.25) is 5.91 Å². The predicted octanol–water partition coefficient (Wildman–Crippen LogP) is 0.0660. The van der Waals surface area contributed by atoms with Gasteiger partial charge >= 0.3 is 0 Å². The van der Waals surface area contributed by atoms with E-state index < -0.39 is 6.10 Å². The summed E-state index contributed by atoms with van der Waals surface area (Å²) in [4.78, 5) is 11.5. The number of aromatic amines is 1. The van der Waals surface area contributed by atoms with Gasteiger partial charge in [-0.25, -0.2) is 0 Å². The third-order valence-electron chi connectivity index (χ3n) is 2.21. The number of aryl methyl sites for hydroxylation is 2. The lowest BCUT2D eigenvalue weighted by molar-refractivity contribution is -0.120. The summed E-state index contributed by atoms with van der Waals surface area (Å²) in [5, 5.41) is 18.5. The minimum atomic E-state index is -0.513. The maximum absolute atomic E-state index is 11.5. The van der Waals surface area contributed by atoms with Crippen LogP contribution in [0.5, 0.6) is 0 Å². The summed E-state index contributed by atoms with van der Waals surface area (Å²) in [6.45, 7) is 5.67. The number of nitrogens with zero attached hydrogens (tertiary/aromatic N) is 1. The first-order valence-corrected chi connectivity index (χ1v) is 4.96. The molecule has 5 nitrogen and oxygen atoms in total. The Hall–Kier alpha value is -1.36. The Morgan fingerprint density at radius 3 is 2.73 bits per heavy atom. The molecule has 1 unspecified atom stereocenters. The second kappa shape index (κ2) is 4.93. The van der Waals surface area contributed by atoms with Gasteiger partial charge in [0.1, 0.15) is 0 Å². The summed E-state index contributed by atoms with van der Waals surface area (Å²) in [7, 11) is 0. The zero-order chi connectivity index (χ0) is 11.4. The van der Waals surface area contributed by atoms with Crippen molar-refractivity contribution in [2.75, 3.05) is 6.54 Å². The smallest absolute Gasteiger partial charge is 0.224 e. The quantitative estimate of drug-likeness (QED) is 0.659. The van der Waals surface area contributed by atoms with Gasteiger partial charge in [-0.05, 0) is 20.8 Å². The summed E-state index contributed by atoms with van der Waals surface area (Å²) in [6.07, 6.45) is -0.207. The minimum Gasteiger partial charge on any atom is -0.392 e. The molecule has 0 spiro atoms. The fourth-order valence-corrected chi connectivity index (χ4v) is 1.32. The number of hydrogen-bond acceptors (Lipinski definition) is 3. The third-order valence-corrected chi connectivity index (χ3v) is 2.21. The Labute approximate surface area is 88.9 Å². The number of hydrogen-bond donors (Lipinski definition) is 3. The van der Waals surface area contributed by atoms with Gasteiger partial charge in [-0.2, -0.15) is 5.10 Å². The number of carbonyl (C=O) groups excluding carboxylic acids is 1. The molecule has 84 valence electrons. The Balaban J connectivity index is 2.51. The van der Waals surface area contributed by atoms with E-state index >= 15 is 0 Å². The molecule has 0 aliphatic rings. The van der Waals surface area contributed by atoms with Crippen molar-refractivity contribution in [1.29, 1.82) is 0 Å². The van der Waals surface area contributed by atoms with Crippen LogP contribution < -0.4 is 5.32 Å².